The van der Waals surface area contributed by atoms with Crippen LogP contribution in [0.5, 0.6) is 5.75 Å². The molecular formula is C19H23N3O3. The average molecular weight is 341 g/mol. The first-order valence-corrected chi connectivity index (χ1v) is 7.99. The van der Waals surface area contributed by atoms with E-state index < -0.39 is 11.9 Å². The molecule has 0 saturated carbocycles. The number of amides is 3. The molecule has 0 aliphatic carbocycles. The van der Waals surface area contributed by atoms with Gasteiger partial charge in [0.25, 0.3) is 0 Å². The third-order valence-corrected chi connectivity index (χ3v) is 3.81. The van der Waals surface area contributed by atoms with Crippen LogP contribution < -0.4 is 20.7 Å². The van der Waals surface area contributed by atoms with Gasteiger partial charge in [-0.15, -0.1) is 0 Å². The Hall–Kier alpha value is -2.86. The molecule has 0 saturated heterocycles. The van der Waals surface area contributed by atoms with Gasteiger partial charge in [0.1, 0.15) is 5.75 Å². The number of hydrogen-bond acceptors (Lipinski definition) is 4. The standard InChI is InChI=1S/C19H23N3O3/c1-13-4-6-14(7-5-13)18(15-8-10-16(25-3)11-9-15)21-12-17(23)22-19(24)20-2/h4-11,18,21H,12H2,1-3H3,(H2,20,22,23,24)/t18-/m0/s1. The van der Waals surface area contributed by atoms with E-state index in [1.807, 2.05) is 55.5 Å². The number of carbonyl (C=O) groups excluding carboxylic acids is 2. The van der Waals surface area contributed by atoms with E-state index in [0.29, 0.717) is 0 Å². The molecule has 0 aliphatic heterocycles. The number of methoxy groups -OCH3 is 1. The van der Waals surface area contributed by atoms with E-state index in [1.165, 1.54) is 7.05 Å². The maximum absolute atomic E-state index is 11.9. The fourth-order valence-corrected chi connectivity index (χ4v) is 2.41. The highest BCUT2D eigenvalue weighted by Gasteiger charge is 2.16. The number of hydrogen-bond donors (Lipinski definition) is 3. The lowest BCUT2D eigenvalue weighted by molar-refractivity contribution is -0.119. The van der Waals surface area contributed by atoms with Gasteiger partial charge in [0, 0.05) is 7.05 Å². The topological polar surface area (TPSA) is 79.5 Å². The fourth-order valence-electron chi connectivity index (χ4n) is 2.41. The van der Waals surface area contributed by atoms with Crippen LogP contribution >= 0.6 is 0 Å². The summed E-state index contributed by atoms with van der Waals surface area (Å²) in [5.41, 5.74) is 3.19. The van der Waals surface area contributed by atoms with Crippen molar-refractivity contribution < 1.29 is 14.3 Å². The summed E-state index contributed by atoms with van der Waals surface area (Å²) in [4.78, 5) is 23.1. The van der Waals surface area contributed by atoms with Crippen LogP contribution in [0.1, 0.15) is 22.7 Å². The van der Waals surface area contributed by atoms with Crippen LogP contribution in [0.25, 0.3) is 0 Å². The molecule has 6 heteroatoms. The quantitative estimate of drug-likeness (QED) is 0.752. The van der Waals surface area contributed by atoms with E-state index in [0.717, 1.165) is 22.4 Å². The van der Waals surface area contributed by atoms with Crippen LogP contribution in [0, 0.1) is 6.92 Å². The van der Waals surface area contributed by atoms with Gasteiger partial charge in [-0.1, -0.05) is 42.0 Å². The Bertz CT molecular complexity index is 712. The van der Waals surface area contributed by atoms with Crippen LogP contribution in [0.15, 0.2) is 48.5 Å². The Morgan fingerprint density at radius 3 is 2.08 bits per heavy atom. The van der Waals surface area contributed by atoms with E-state index in [9.17, 15) is 9.59 Å². The second kappa shape index (κ2) is 8.84. The summed E-state index contributed by atoms with van der Waals surface area (Å²) in [6.45, 7) is 2.04. The lowest BCUT2D eigenvalue weighted by Gasteiger charge is -2.20. The summed E-state index contributed by atoms with van der Waals surface area (Å²) in [7, 11) is 3.08. The van der Waals surface area contributed by atoms with Crippen molar-refractivity contribution in [2.45, 2.75) is 13.0 Å². The Kier molecular flexibility index (Phi) is 6.54. The van der Waals surface area contributed by atoms with Crippen molar-refractivity contribution in [3.05, 3.63) is 65.2 Å². The molecule has 0 heterocycles. The zero-order valence-electron chi connectivity index (χ0n) is 14.6. The Labute approximate surface area is 147 Å². The smallest absolute Gasteiger partial charge is 0.321 e. The molecule has 1 atom stereocenters. The minimum atomic E-state index is -0.525. The van der Waals surface area contributed by atoms with Gasteiger partial charge in [-0.2, -0.15) is 0 Å². The summed E-state index contributed by atoms with van der Waals surface area (Å²) in [6.07, 6.45) is 0. The number of benzene rings is 2. The second-order valence-corrected chi connectivity index (χ2v) is 5.63. The number of carbonyl (C=O) groups is 2. The molecule has 0 aliphatic rings. The monoisotopic (exact) mass is 341 g/mol. The summed E-state index contributed by atoms with van der Waals surface area (Å²) in [6, 6.07) is 15.1. The average Bonchev–Trinajstić information content (AvgIpc) is 2.63. The first-order chi connectivity index (χ1) is 12.0. The minimum absolute atomic E-state index is 0.0119. The van der Waals surface area contributed by atoms with Gasteiger partial charge in [-0.25, -0.2) is 4.79 Å². The van der Waals surface area contributed by atoms with Crippen LogP contribution in [-0.4, -0.2) is 32.6 Å². The highest BCUT2D eigenvalue weighted by Crippen LogP contribution is 2.24. The van der Waals surface area contributed by atoms with E-state index in [2.05, 4.69) is 16.0 Å². The van der Waals surface area contributed by atoms with Crippen LogP contribution in [0.3, 0.4) is 0 Å². The van der Waals surface area contributed by atoms with Crippen LogP contribution in [0.2, 0.25) is 0 Å². The first-order valence-electron chi connectivity index (χ1n) is 7.99. The van der Waals surface area contributed by atoms with Crippen LogP contribution in [-0.2, 0) is 4.79 Å². The SMILES string of the molecule is CNC(=O)NC(=O)CN[C@@H](c1ccc(C)cc1)c1ccc(OC)cc1. The predicted molar refractivity (Wildman–Crippen MR) is 96.6 cm³/mol. The molecule has 0 spiro atoms. The van der Waals surface area contributed by atoms with Crippen molar-refractivity contribution in [3.8, 4) is 5.75 Å². The van der Waals surface area contributed by atoms with Gasteiger partial charge in [0.2, 0.25) is 5.91 Å². The molecule has 3 amide bonds. The number of rotatable bonds is 6. The van der Waals surface area contributed by atoms with Crippen molar-refractivity contribution in [3.63, 3.8) is 0 Å². The molecular weight excluding hydrogens is 318 g/mol. The van der Waals surface area contributed by atoms with E-state index in [4.69, 9.17) is 4.74 Å². The maximum Gasteiger partial charge on any atom is 0.321 e. The van der Waals surface area contributed by atoms with Crippen molar-refractivity contribution in [2.24, 2.45) is 0 Å². The number of urea groups is 1. The molecule has 3 N–H and O–H groups in total. The van der Waals surface area contributed by atoms with E-state index in [-0.39, 0.29) is 12.6 Å². The molecule has 0 radical (unpaired) electrons. The maximum atomic E-state index is 11.9. The molecule has 0 fully saturated rings. The molecule has 2 aromatic rings. The molecule has 132 valence electrons. The van der Waals surface area contributed by atoms with Crippen molar-refractivity contribution in [2.75, 3.05) is 20.7 Å². The molecule has 0 unspecified atom stereocenters. The third-order valence-electron chi connectivity index (χ3n) is 3.81. The van der Waals surface area contributed by atoms with Gasteiger partial charge < -0.3 is 10.1 Å². The number of nitrogens with one attached hydrogen (secondary N) is 3. The number of aryl methyl sites for hydroxylation is 1. The van der Waals surface area contributed by atoms with Crippen molar-refractivity contribution in [1.29, 1.82) is 0 Å². The highest BCUT2D eigenvalue weighted by atomic mass is 16.5. The Morgan fingerprint density at radius 2 is 1.56 bits per heavy atom. The number of imide groups is 1. The first kappa shape index (κ1) is 18.5. The van der Waals surface area contributed by atoms with Crippen molar-refractivity contribution >= 4 is 11.9 Å². The predicted octanol–water partition coefficient (Wildman–Crippen LogP) is 2.14. The molecule has 2 rings (SSSR count). The lowest BCUT2D eigenvalue weighted by atomic mass is 9.97. The van der Waals surface area contributed by atoms with Gasteiger partial charge in [0.15, 0.2) is 0 Å². The summed E-state index contributed by atoms with van der Waals surface area (Å²) < 4.78 is 5.20. The molecule has 2 aromatic carbocycles. The van der Waals surface area contributed by atoms with Crippen molar-refractivity contribution in [1.82, 2.24) is 16.0 Å². The number of ether oxygens (including phenoxy) is 1. The van der Waals surface area contributed by atoms with Gasteiger partial charge in [0.05, 0.1) is 19.7 Å². The molecule has 6 nitrogen and oxygen atoms in total. The lowest BCUT2D eigenvalue weighted by Crippen LogP contribution is -2.42. The molecule has 25 heavy (non-hydrogen) atoms. The highest BCUT2D eigenvalue weighted by molar-refractivity contribution is 5.95. The van der Waals surface area contributed by atoms with Gasteiger partial charge in [-0.05, 0) is 30.2 Å². The Balaban J connectivity index is 2.18. The fraction of sp³-hybridized carbons (Fsp3) is 0.263. The normalized spacial score (nSPS) is 11.5. The van der Waals surface area contributed by atoms with E-state index >= 15 is 0 Å². The van der Waals surface area contributed by atoms with Gasteiger partial charge >= 0.3 is 6.03 Å². The zero-order valence-corrected chi connectivity index (χ0v) is 14.6. The third kappa shape index (κ3) is 5.32. The largest absolute Gasteiger partial charge is 0.497 e. The van der Waals surface area contributed by atoms with E-state index in [1.54, 1.807) is 7.11 Å². The second-order valence-electron chi connectivity index (χ2n) is 5.63. The summed E-state index contributed by atoms with van der Waals surface area (Å²) in [5.74, 6) is 0.369. The van der Waals surface area contributed by atoms with Crippen LogP contribution in [0.4, 0.5) is 4.79 Å². The molecule has 0 bridgehead atoms. The van der Waals surface area contributed by atoms with Gasteiger partial charge in [-0.3, -0.25) is 15.4 Å². The Morgan fingerprint density at radius 1 is 1.00 bits per heavy atom. The zero-order chi connectivity index (χ0) is 18.2. The minimum Gasteiger partial charge on any atom is -0.497 e. The summed E-state index contributed by atoms with van der Waals surface area (Å²) >= 11 is 0. The molecule has 0 aromatic heterocycles. The summed E-state index contributed by atoms with van der Waals surface area (Å²) in [5, 5.41) is 7.80.